The number of nitrogens with two attached hydrogens (primary N) is 1. The number of rotatable bonds is 2. The van der Waals surface area contributed by atoms with E-state index in [1.165, 1.54) is 30.5 Å². The summed E-state index contributed by atoms with van der Waals surface area (Å²) >= 11 is 0. The Morgan fingerprint density at radius 2 is 2.00 bits per heavy atom. The summed E-state index contributed by atoms with van der Waals surface area (Å²) in [6, 6.07) is 6.15. The molecular formula is C13H20N4. The summed E-state index contributed by atoms with van der Waals surface area (Å²) in [7, 11) is 0. The van der Waals surface area contributed by atoms with E-state index in [-0.39, 0.29) is 5.96 Å². The zero-order valence-corrected chi connectivity index (χ0v) is 10.3. The Labute approximate surface area is 102 Å². The van der Waals surface area contributed by atoms with Crippen LogP contribution in [0.2, 0.25) is 0 Å². The normalized spacial score (nSPS) is 15.7. The van der Waals surface area contributed by atoms with Crippen molar-refractivity contribution in [3.05, 3.63) is 23.8 Å². The fraction of sp³-hybridized carbons (Fsp3) is 0.462. The van der Waals surface area contributed by atoms with Crippen molar-refractivity contribution in [2.24, 2.45) is 5.73 Å². The highest BCUT2D eigenvalue weighted by molar-refractivity contribution is 5.90. The van der Waals surface area contributed by atoms with Gasteiger partial charge in [0.2, 0.25) is 0 Å². The number of hydrogen-bond donors (Lipinski definition) is 3. The molecule has 1 aromatic rings. The molecule has 1 aromatic carbocycles. The van der Waals surface area contributed by atoms with Gasteiger partial charge in [0, 0.05) is 24.5 Å². The number of guanidine groups is 1. The minimum Gasteiger partial charge on any atom is -0.371 e. The molecule has 0 aromatic heterocycles. The molecule has 4 N–H and O–H groups in total. The second-order valence-electron chi connectivity index (χ2n) is 4.59. The topological polar surface area (TPSA) is 65.1 Å². The molecule has 4 nitrogen and oxygen atoms in total. The van der Waals surface area contributed by atoms with Crippen LogP contribution in [-0.4, -0.2) is 19.0 Å². The van der Waals surface area contributed by atoms with Crippen LogP contribution in [0.5, 0.6) is 0 Å². The minimum atomic E-state index is -0.0184. The lowest BCUT2D eigenvalue weighted by atomic mass is 10.1. The van der Waals surface area contributed by atoms with Crippen LogP contribution in [0.4, 0.5) is 11.4 Å². The first-order valence-corrected chi connectivity index (χ1v) is 6.13. The predicted molar refractivity (Wildman–Crippen MR) is 72.8 cm³/mol. The molecule has 0 aliphatic carbocycles. The second kappa shape index (κ2) is 5.08. The lowest BCUT2D eigenvalue weighted by Gasteiger charge is -2.30. The van der Waals surface area contributed by atoms with Crippen LogP contribution in [-0.2, 0) is 0 Å². The van der Waals surface area contributed by atoms with E-state index in [1.54, 1.807) is 0 Å². The van der Waals surface area contributed by atoms with Crippen molar-refractivity contribution in [1.82, 2.24) is 0 Å². The van der Waals surface area contributed by atoms with Crippen LogP contribution in [0, 0.1) is 12.3 Å². The van der Waals surface area contributed by atoms with E-state index in [0.29, 0.717) is 0 Å². The number of hydrogen-bond acceptors (Lipinski definition) is 2. The van der Waals surface area contributed by atoms with Crippen LogP contribution in [0.1, 0.15) is 24.8 Å². The van der Waals surface area contributed by atoms with Gasteiger partial charge in [0.15, 0.2) is 5.96 Å². The fourth-order valence-corrected chi connectivity index (χ4v) is 2.38. The van der Waals surface area contributed by atoms with Gasteiger partial charge in [-0.1, -0.05) is 0 Å². The molecule has 0 amide bonds. The number of nitrogens with zero attached hydrogens (tertiary/aromatic N) is 1. The van der Waals surface area contributed by atoms with Crippen molar-refractivity contribution in [1.29, 1.82) is 5.41 Å². The molecule has 1 heterocycles. The summed E-state index contributed by atoms with van der Waals surface area (Å²) in [5, 5.41) is 10.0. The second-order valence-corrected chi connectivity index (χ2v) is 4.59. The Morgan fingerprint density at radius 1 is 1.29 bits per heavy atom. The van der Waals surface area contributed by atoms with Crippen molar-refractivity contribution in [2.45, 2.75) is 26.2 Å². The van der Waals surface area contributed by atoms with E-state index in [2.05, 4.69) is 23.2 Å². The quantitative estimate of drug-likeness (QED) is 0.541. The van der Waals surface area contributed by atoms with E-state index < -0.39 is 0 Å². The summed E-state index contributed by atoms with van der Waals surface area (Å²) in [4.78, 5) is 2.44. The Balaban J connectivity index is 2.15. The third kappa shape index (κ3) is 2.90. The molecule has 1 fully saturated rings. The maximum absolute atomic E-state index is 7.21. The largest absolute Gasteiger partial charge is 0.371 e. The standard InChI is InChI=1S/C13H20N4/c1-10-9-11(16-13(14)15)5-6-12(10)17-7-3-2-4-8-17/h5-6,9H,2-4,7-8H2,1H3,(H4,14,15,16). The molecule has 0 saturated carbocycles. The maximum atomic E-state index is 7.21. The first kappa shape index (κ1) is 11.8. The number of anilines is 2. The van der Waals surface area contributed by atoms with E-state index in [0.717, 1.165) is 18.8 Å². The van der Waals surface area contributed by atoms with Crippen molar-refractivity contribution in [2.75, 3.05) is 23.3 Å². The molecule has 4 heteroatoms. The number of aryl methyl sites for hydroxylation is 1. The van der Waals surface area contributed by atoms with Gasteiger partial charge in [-0.2, -0.15) is 0 Å². The Morgan fingerprint density at radius 3 is 2.59 bits per heavy atom. The average molecular weight is 232 g/mol. The highest BCUT2D eigenvalue weighted by atomic mass is 15.1. The van der Waals surface area contributed by atoms with Crippen LogP contribution in [0.3, 0.4) is 0 Å². The first-order valence-electron chi connectivity index (χ1n) is 6.13. The molecule has 0 spiro atoms. The molecule has 2 rings (SSSR count). The molecule has 17 heavy (non-hydrogen) atoms. The maximum Gasteiger partial charge on any atom is 0.190 e. The van der Waals surface area contributed by atoms with Crippen LogP contribution in [0.25, 0.3) is 0 Å². The summed E-state index contributed by atoms with van der Waals surface area (Å²) in [6.45, 7) is 4.41. The van der Waals surface area contributed by atoms with Crippen LogP contribution >= 0.6 is 0 Å². The third-order valence-electron chi connectivity index (χ3n) is 3.17. The summed E-state index contributed by atoms with van der Waals surface area (Å²) < 4.78 is 0. The fourth-order valence-electron chi connectivity index (χ4n) is 2.38. The van der Waals surface area contributed by atoms with Gasteiger partial charge in [-0.05, 0) is 49.9 Å². The highest BCUT2D eigenvalue weighted by Crippen LogP contribution is 2.26. The average Bonchev–Trinajstić information content (AvgIpc) is 2.29. The first-order chi connectivity index (χ1) is 8.16. The van der Waals surface area contributed by atoms with Gasteiger partial charge in [-0.15, -0.1) is 0 Å². The number of nitrogens with one attached hydrogen (secondary N) is 2. The SMILES string of the molecule is Cc1cc(NC(=N)N)ccc1N1CCCCC1. The van der Waals surface area contributed by atoms with Gasteiger partial charge < -0.3 is 16.0 Å². The molecule has 1 saturated heterocycles. The molecule has 1 aliphatic rings. The Hall–Kier alpha value is -1.71. The van der Waals surface area contributed by atoms with Crippen molar-refractivity contribution < 1.29 is 0 Å². The smallest absolute Gasteiger partial charge is 0.190 e. The summed E-state index contributed by atoms with van der Waals surface area (Å²) in [6.07, 6.45) is 3.92. The third-order valence-corrected chi connectivity index (χ3v) is 3.17. The molecule has 0 unspecified atom stereocenters. The molecule has 0 bridgehead atoms. The molecule has 0 atom stereocenters. The lowest BCUT2D eigenvalue weighted by molar-refractivity contribution is 0.577. The van der Waals surface area contributed by atoms with E-state index >= 15 is 0 Å². The van der Waals surface area contributed by atoms with Gasteiger partial charge >= 0.3 is 0 Å². The van der Waals surface area contributed by atoms with Crippen molar-refractivity contribution in [3.63, 3.8) is 0 Å². The van der Waals surface area contributed by atoms with Crippen molar-refractivity contribution in [3.8, 4) is 0 Å². The zero-order valence-electron chi connectivity index (χ0n) is 10.3. The highest BCUT2D eigenvalue weighted by Gasteiger charge is 2.12. The lowest BCUT2D eigenvalue weighted by Crippen LogP contribution is -2.30. The van der Waals surface area contributed by atoms with E-state index in [1.807, 2.05) is 12.1 Å². The Bertz CT molecular complexity index is 408. The van der Waals surface area contributed by atoms with Gasteiger partial charge in [0.25, 0.3) is 0 Å². The zero-order chi connectivity index (χ0) is 12.3. The monoisotopic (exact) mass is 232 g/mol. The van der Waals surface area contributed by atoms with Crippen molar-refractivity contribution >= 4 is 17.3 Å². The number of piperidine rings is 1. The molecule has 0 radical (unpaired) electrons. The molecule has 1 aliphatic heterocycles. The summed E-state index contributed by atoms with van der Waals surface area (Å²) in [5.74, 6) is -0.0184. The minimum absolute atomic E-state index is 0.0184. The van der Waals surface area contributed by atoms with Gasteiger partial charge in [-0.3, -0.25) is 5.41 Å². The molecule has 92 valence electrons. The molecular weight excluding hydrogens is 212 g/mol. The van der Waals surface area contributed by atoms with Crippen LogP contribution in [0.15, 0.2) is 18.2 Å². The van der Waals surface area contributed by atoms with E-state index in [4.69, 9.17) is 11.1 Å². The van der Waals surface area contributed by atoms with E-state index in [9.17, 15) is 0 Å². The Kier molecular flexibility index (Phi) is 3.52. The van der Waals surface area contributed by atoms with Gasteiger partial charge in [0.05, 0.1) is 0 Å². The predicted octanol–water partition coefficient (Wildman–Crippen LogP) is 2.29. The van der Waals surface area contributed by atoms with Gasteiger partial charge in [0.1, 0.15) is 0 Å². The van der Waals surface area contributed by atoms with Crippen LogP contribution < -0.4 is 16.0 Å². The summed E-state index contributed by atoms with van der Waals surface area (Å²) in [5.41, 5.74) is 8.74. The number of benzene rings is 1. The van der Waals surface area contributed by atoms with Gasteiger partial charge in [-0.25, -0.2) is 0 Å².